The lowest BCUT2D eigenvalue weighted by Crippen LogP contribution is -2.33. The number of benzene rings is 1. The number of methoxy groups -OCH3 is 1. The predicted molar refractivity (Wildman–Crippen MR) is 62.4 cm³/mol. The summed E-state index contributed by atoms with van der Waals surface area (Å²) in [4.78, 5) is 0. The molecule has 0 aromatic heterocycles. The molecule has 0 saturated carbocycles. The number of nitrogens with two attached hydrogens (primary N) is 1. The molecule has 2 atom stereocenters. The molecule has 4 nitrogen and oxygen atoms in total. The number of phenolic OH excluding ortho intramolecular Hbond substituents is 1. The molecular formula is C12H19NO3. The first-order valence-corrected chi connectivity index (χ1v) is 5.28. The first-order chi connectivity index (χ1) is 7.47. The minimum Gasteiger partial charge on any atom is -0.504 e. The third-order valence-electron chi connectivity index (χ3n) is 2.68. The van der Waals surface area contributed by atoms with Crippen LogP contribution in [0.3, 0.4) is 0 Å². The van der Waals surface area contributed by atoms with E-state index in [-0.39, 0.29) is 17.7 Å². The van der Waals surface area contributed by atoms with Crippen LogP contribution in [0.25, 0.3) is 0 Å². The van der Waals surface area contributed by atoms with Crippen LogP contribution >= 0.6 is 0 Å². The van der Waals surface area contributed by atoms with Gasteiger partial charge in [-0.25, -0.2) is 0 Å². The van der Waals surface area contributed by atoms with Crippen molar-refractivity contribution in [2.24, 2.45) is 11.7 Å². The molecule has 1 aromatic rings. The Morgan fingerprint density at radius 2 is 1.94 bits per heavy atom. The van der Waals surface area contributed by atoms with Gasteiger partial charge >= 0.3 is 0 Å². The van der Waals surface area contributed by atoms with Crippen LogP contribution in [-0.4, -0.2) is 23.4 Å². The highest BCUT2D eigenvalue weighted by molar-refractivity contribution is 5.42. The fourth-order valence-corrected chi connectivity index (χ4v) is 1.48. The monoisotopic (exact) mass is 225 g/mol. The van der Waals surface area contributed by atoms with E-state index >= 15 is 0 Å². The van der Waals surface area contributed by atoms with Crippen molar-refractivity contribution in [2.75, 3.05) is 7.11 Å². The van der Waals surface area contributed by atoms with E-state index in [1.807, 2.05) is 13.8 Å². The number of hydrogen-bond donors (Lipinski definition) is 3. The van der Waals surface area contributed by atoms with Gasteiger partial charge in [0.2, 0.25) is 0 Å². The first kappa shape index (κ1) is 12.8. The Kier molecular flexibility index (Phi) is 4.15. The molecule has 1 rings (SSSR count). The lowest BCUT2D eigenvalue weighted by Gasteiger charge is -2.22. The van der Waals surface area contributed by atoms with Crippen molar-refractivity contribution in [1.29, 1.82) is 0 Å². The Labute approximate surface area is 95.7 Å². The molecule has 0 spiro atoms. The fourth-order valence-electron chi connectivity index (χ4n) is 1.48. The molecule has 1 aromatic carbocycles. The van der Waals surface area contributed by atoms with Gasteiger partial charge in [0.15, 0.2) is 11.5 Å². The zero-order valence-corrected chi connectivity index (χ0v) is 9.84. The molecule has 16 heavy (non-hydrogen) atoms. The van der Waals surface area contributed by atoms with Gasteiger partial charge in [0.1, 0.15) is 0 Å². The second-order valence-electron chi connectivity index (χ2n) is 4.20. The van der Waals surface area contributed by atoms with Crippen molar-refractivity contribution >= 4 is 0 Å². The summed E-state index contributed by atoms with van der Waals surface area (Å²) in [6, 6.07) is 4.44. The molecule has 0 saturated heterocycles. The van der Waals surface area contributed by atoms with Crippen LogP contribution in [0.15, 0.2) is 18.2 Å². The molecule has 0 heterocycles. The fraction of sp³-hybridized carbons (Fsp3) is 0.500. The van der Waals surface area contributed by atoms with Crippen LogP contribution in [-0.2, 0) is 0 Å². The van der Waals surface area contributed by atoms with Gasteiger partial charge in [0, 0.05) is 6.04 Å². The van der Waals surface area contributed by atoms with E-state index in [1.165, 1.54) is 13.2 Å². The standard InChI is InChI=1S/C12H19NO3/c1-7(2)11(13)12(15)8-4-5-10(16-3)9(14)6-8/h4-7,11-12,14-15H,13H2,1-3H3. The molecule has 0 fully saturated rings. The summed E-state index contributed by atoms with van der Waals surface area (Å²) in [5.74, 6) is 0.559. The lowest BCUT2D eigenvalue weighted by atomic mass is 9.94. The molecule has 0 amide bonds. The summed E-state index contributed by atoms with van der Waals surface area (Å²) >= 11 is 0. The number of hydrogen-bond acceptors (Lipinski definition) is 4. The first-order valence-electron chi connectivity index (χ1n) is 5.28. The van der Waals surface area contributed by atoms with Gasteiger partial charge < -0.3 is 20.7 Å². The average molecular weight is 225 g/mol. The van der Waals surface area contributed by atoms with Gasteiger partial charge in [-0.2, -0.15) is 0 Å². The van der Waals surface area contributed by atoms with Crippen LogP contribution in [0.1, 0.15) is 25.5 Å². The van der Waals surface area contributed by atoms with Gasteiger partial charge in [-0.15, -0.1) is 0 Å². The number of ether oxygens (including phenoxy) is 1. The Balaban J connectivity index is 2.92. The minimum absolute atomic E-state index is 0.00926. The predicted octanol–water partition coefficient (Wildman–Crippen LogP) is 1.42. The highest BCUT2D eigenvalue weighted by atomic mass is 16.5. The molecule has 0 aliphatic carbocycles. The lowest BCUT2D eigenvalue weighted by molar-refractivity contribution is 0.125. The summed E-state index contributed by atoms with van der Waals surface area (Å²) in [5, 5.41) is 19.6. The SMILES string of the molecule is COc1ccc(C(O)C(N)C(C)C)cc1O. The van der Waals surface area contributed by atoms with Crippen molar-refractivity contribution < 1.29 is 14.9 Å². The highest BCUT2D eigenvalue weighted by Crippen LogP contribution is 2.30. The van der Waals surface area contributed by atoms with Crippen molar-refractivity contribution in [3.63, 3.8) is 0 Å². The van der Waals surface area contributed by atoms with Gasteiger partial charge in [0.25, 0.3) is 0 Å². The smallest absolute Gasteiger partial charge is 0.160 e. The van der Waals surface area contributed by atoms with E-state index < -0.39 is 6.10 Å². The molecule has 0 aliphatic rings. The number of phenols is 1. The van der Waals surface area contributed by atoms with Crippen LogP contribution in [0.5, 0.6) is 11.5 Å². The van der Waals surface area contributed by atoms with E-state index in [0.29, 0.717) is 11.3 Å². The zero-order valence-electron chi connectivity index (χ0n) is 9.84. The summed E-state index contributed by atoms with van der Waals surface area (Å²) in [5.41, 5.74) is 6.45. The maximum Gasteiger partial charge on any atom is 0.160 e. The van der Waals surface area contributed by atoms with E-state index in [0.717, 1.165) is 0 Å². The summed E-state index contributed by atoms with van der Waals surface area (Å²) in [7, 11) is 1.48. The van der Waals surface area contributed by atoms with E-state index in [9.17, 15) is 10.2 Å². The molecule has 4 N–H and O–H groups in total. The maximum absolute atomic E-state index is 9.97. The van der Waals surface area contributed by atoms with Crippen molar-refractivity contribution in [2.45, 2.75) is 26.0 Å². The number of aliphatic hydroxyl groups excluding tert-OH is 1. The van der Waals surface area contributed by atoms with E-state index in [2.05, 4.69) is 0 Å². The molecule has 90 valence electrons. The van der Waals surface area contributed by atoms with Crippen molar-refractivity contribution in [3.05, 3.63) is 23.8 Å². The third kappa shape index (κ3) is 2.65. The van der Waals surface area contributed by atoms with Gasteiger partial charge in [-0.05, 0) is 23.6 Å². The Morgan fingerprint density at radius 3 is 2.38 bits per heavy atom. The Hall–Kier alpha value is -1.26. The van der Waals surface area contributed by atoms with Crippen LogP contribution in [0.2, 0.25) is 0 Å². The second-order valence-corrected chi connectivity index (χ2v) is 4.20. The molecule has 2 unspecified atom stereocenters. The Bertz CT molecular complexity index is 352. The topological polar surface area (TPSA) is 75.7 Å². The van der Waals surface area contributed by atoms with Gasteiger partial charge in [0.05, 0.1) is 13.2 Å². The van der Waals surface area contributed by atoms with Crippen molar-refractivity contribution in [3.8, 4) is 11.5 Å². The molecule has 0 radical (unpaired) electrons. The van der Waals surface area contributed by atoms with Gasteiger partial charge in [-0.3, -0.25) is 0 Å². The highest BCUT2D eigenvalue weighted by Gasteiger charge is 2.20. The molecule has 4 heteroatoms. The Morgan fingerprint density at radius 1 is 1.31 bits per heavy atom. The number of aromatic hydroxyl groups is 1. The minimum atomic E-state index is -0.781. The zero-order chi connectivity index (χ0) is 12.3. The largest absolute Gasteiger partial charge is 0.504 e. The van der Waals surface area contributed by atoms with E-state index in [1.54, 1.807) is 12.1 Å². The number of rotatable bonds is 4. The summed E-state index contributed by atoms with van der Waals surface area (Å²) in [6.45, 7) is 3.88. The van der Waals surface area contributed by atoms with Crippen LogP contribution in [0.4, 0.5) is 0 Å². The molecule has 0 aliphatic heterocycles. The quantitative estimate of drug-likeness (QED) is 0.724. The van der Waals surface area contributed by atoms with Crippen molar-refractivity contribution in [1.82, 2.24) is 0 Å². The normalized spacial score (nSPS) is 14.9. The average Bonchev–Trinajstić information content (AvgIpc) is 2.26. The number of aliphatic hydroxyl groups is 1. The van der Waals surface area contributed by atoms with E-state index in [4.69, 9.17) is 10.5 Å². The molecule has 0 bridgehead atoms. The molecular weight excluding hydrogens is 206 g/mol. The second kappa shape index (κ2) is 5.18. The van der Waals surface area contributed by atoms with Crippen LogP contribution in [0, 0.1) is 5.92 Å². The summed E-state index contributed by atoms with van der Waals surface area (Å²) in [6.07, 6.45) is -0.781. The van der Waals surface area contributed by atoms with Gasteiger partial charge in [-0.1, -0.05) is 19.9 Å². The van der Waals surface area contributed by atoms with Crippen LogP contribution < -0.4 is 10.5 Å². The third-order valence-corrected chi connectivity index (χ3v) is 2.68. The summed E-state index contributed by atoms with van der Waals surface area (Å²) < 4.78 is 4.92. The maximum atomic E-state index is 9.97.